The molecule has 2 bridgehead atoms. The van der Waals surface area contributed by atoms with E-state index in [0.29, 0.717) is 19.4 Å². The standard InChI is InChI=1S/C41H58O5Si2/c1-37(2,3)47(8,9)45-35-23-22-34-39(35,7)28-32(42)36-33(43)29-40(25-26-41(34,36)46-40)24-16-17-27-44-48(38(4,5)6,30-18-12-10-13-19-30)31-20-14-11-15-21-31/h10-15,18-22,25-26,32,35-36,42H,16-17,23-24,27-29H2,1-9H3/t32-,35-,36-,39+,40+,41+/m1/s1. The molecule has 48 heavy (non-hydrogen) atoms. The van der Waals surface area contributed by atoms with Gasteiger partial charge in [0, 0.05) is 18.4 Å². The Morgan fingerprint density at radius 2 is 1.50 bits per heavy atom. The highest BCUT2D eigenvalue weighted by atomic mass is 28.4. The Bertz CT molecular complexity index is 1520. The molecular formula is C41H58O5Si2. The number of hydrogen-bond donors (Lipinski definition) is 1. The molecule has 2 heterocycles. The lowest BCUT2D eigenvalue weighted by Gasteiger charge is -2.56. The average Bonchev–Trinajstić information content (AvgIpc) is 3.48. The van der Waals surface area contributed by atoms with Gasteiger partial charge in [-0.15, -0.1) is 0 Å². The zero-order valence-corrected chi connectivity index (χ0v) is 32.8. The van der Waals surface area contributed by atoms with Gasteiger partial charge in [0.1, 0.15) is 11.4 Å². The number of carbonyl (C=O) groups is 1. The first-order chi connectivity index (χ1) is 22.4. The minimum atomic E-state index is -2.60. The second kappa shape index (κ2) is 12.3. The highest BCUT2D eigenvalue weighted by Gasteiger charge is 2.68. The summed E-state index contributed by atoms with van der Waals surface area (Å²) in [4.78, 5) is 13.9. The number of ketones is 1. The van der Waals surface area contributed by atoms with Gasteiger partial charge >= 0.3 is 0 Å². The molecule has 2 aliphatic carbocycles. The number of ether oxygens (including phenoxy) is 1. The van der Waals surface area contributed by atoms with E-state index in [1.807, 2.05) is 0 Å². The molecule has 2 fully saturated rings. The van der Waals surface area contributed by atoms with Gasteiger partial charge in [0.2, 0.25) is 0 Å². The number of aliphatic hydroxyl groups excluding tert-OH is 1. The molecule has 0 radical (unpaired) electrons. The van der Waals surface area contributed by atoms with Crippen molar-refractivity contribution < 1.29 is 23.5 Å². The maximum Gasteiger partial charge on any atom is 0.261 e. The van der Waals surface area contributed by atoms with Crippen LogP contribution in [-0.4, -0.2) is 57.5 Å². The van der Waals surface area contributed by atoms with Gasteiger partial charge in [-0.05, 0) is 77.3 Å². The fourth-order valence-corrected chi connectivity index (χ4v) is 15.2. The van der Waals surface area contributed by atoms with Crippen molar-refractivity contribution in [2.75, 3.05) is 6.61 Å². The fraction of sp³-hybridized carbons (Fsp3) is 0.585. The molecule has 5 nitrogen and oxygen atoms in total. The molecule has 1 spiro atoms. The number of carbonyl (C=O) groups excluding carboxylic acids is 1. The second-order valence-corrected chi connectivity index (χ2v) is 26.9. The first-order valence-electron chi connectivity index (χ1n) is 18.2. The minimum Gasteiger partial charge on any atom is -0.413 e. The summed E-state index contributed by atoms with van der Waals surface area (Å²) in [7, 11) is -4.66. The third-order valence-corrected chi connectivity index (χ3v) is 22.1. The van der Waals surface area contributed by atoms with Crippen molar-refractivity contribution in [3.63, 3.8) is 0 Å². The summed E-state index contributed by atoms with van der Waals surface area (Å²) < 4.78 is 21.3. The molecule has 1 saturated carbocycles. The molecule has 1 N–H and O–H groups in total. The van der Waals surface area contributed by atoms with Crippen LogP contribution in [0.25, 0.3) is 0 Å². The number of Topliss-reactive ketones (excluding diaryl/α,β-unsaturated/α-hetero) is 1. The van der Waals surface area contributed by atoms with Gasteiger partial charge in [-0.2, -0.15) is 0 Å². The molecule has 260 valence electrons. The van der Waals surface area contributed by atoms with Crippen LogP contribution in [0.3, 0.4) is 0 Å². The van der Waals surface area contributed by atoms with Gasteiger partial charge in [0.25, 0.3) is 8.32 Å². The van der Waals surface area contributed by atoms with Crippen LogP contribution < -0.4 is 10.4 Å². The van der Waals surface area contributed by atoms with Gasteiger partial charge in [-0.25, -0.2) is 0 Å². The van der Waals surface area contributed by atoms with E-state index >= 15 is 0 Å². The highest BCUT2D eigenvalue weighted by molar-refractivity contribution is 6.99. The smallest absolute Gasteiger partial charge is 0.261 e. The highest BCUT2D eigenvalue weighted by Crippen LogP contribution is 2.63. The van der Waals surface area contributed by atoms with Gasteiger partial charge in [0.15, 0.2) is 8.32 Å². The summed E-state index contributed by atoms with van der Waals surface area (Å²) in [6.07, 6.45) is 9.94. The molecule has 2 aromatic rings. The predicted octanol–water partition coefficient (Wildman–Crippen LogP) is 7.88. The molecule has 2 aliphatic heterocycles. The Kier molecular flexibility index (Phi) is 9.12. The summed E-state index contributed by atoms with van der Waals surface area (Å²) in [6.45, 7) is 21.2. The van der Waals surface area contributed by atoms with Crippen LogP contribution in [0.15, 0.2) is 84.5 Å². The third kappa shape index (κ3) is 5.70. The van der Waals surface area contributed by atoms with Gasteiger partial charge in [-0.3, -0.25) is 4.79 Å². The van der Waals surface area contributed by atoms with E-state index in [4.69, 9.17) is 13.6 Å². The van der Waals surface area contributed by atoms with E-state index in [-0.39, 0.29) is 27.4 Å². The molecule has 0 aromatic heterocycles. The van der Waals surface area contributed by atoms with E-state index in [0.717, 1.165) is 31.3 Å². The van der Waals surface area contributed by atoms with Crippen molar-refractivity contribution >= 4 is 32.8 Å². The maximum absolute atomic E-state index is 13.9. The van der Waals surface area contributed by atoms with Gasteiger partial charge in [0.05, 0.1) is 23.7 Å². The van der Waals surface area contributed by atoms with Crippen molar-refractivity contribution in [2.45, 2.75) is 134 Å². The van der Waals surface area contributed by atoms with Crippen LogP contribution in [0.2, 0.25) is 23.2 Å². The largest absolute Gasteiger partial charge is 0.413 e. The SMILES string of the molecule is CC(C)(C)[Si](C)(C)O[C@@H]1CC=C2[C@]1(C)C[C@@H](O)[C@@H]1C(=O)C[C@]3(CCCCO[Si](c4ccccc4)(c4ccccc4)C(C)(C)C)C=C[C@]21O3. The number of unbranched alkanes of at least 4 members (excludes halogenated alkanes) is 1. The van der Waals surface area contributed by atoms with Crippen LogP contribution >= 0.6 is 0 Å². The van der Waals surface area contributed by atoms with Crippen LogP contribution in [0.1, 0.15) is 87.0 Å². The molecule has 2 aromatic carbocycles. The molecule has 0 amide bonds. The van der Waals surface area contributed by atoms with Crippen molar-refractivity contribution in [2.24, 2.45) is 11.3 Å². The predicted molar refractivity (Wildman–Crippen MR) is 200 cm³/mol. The van der Waals surface area contributed by atoms with Crippen molar-refractivity contribution in [1.82, 2.24) is 0 Å². The topological polar surface area (TPSA) is 65.0 Å². The van der Waals surface area contributed by atoms with E-state index in [9.17, 15) is 9.90 Å². The van der Waals surface area contributed by atoms with Gasteiger partial charge in [-0.1, -0.05) is 121 Å². The Hall–Kier alpha value is -2.14. The summed E-state index contributed by atoms with van der Waals surface area (Å²) in [6, 6.07) is 21.6. The number of hydrogen-bond acceptors (Lipinski definition) is 5. The normalized spacial score (nSPS) is 31.8. The van der Waals surface area contributed by atoms with Crippen LogP contribution in [0.4, 0.5) is 0 Å². The third-order valence-electron chi connectivity index (χ3n) is 12.6. The molecule has 4 aliphatic rings. The molecule has 1 saturated heterocycles. The average molecular weight is 687 g/mol. The monoisotopic (exact) mass is 686 g/mol. The van der Waals surface area contributed by atoms with Crippen molar-refractivity contribution in [3.05, 3.63) is 84.5 Å². The molecule has 0 unspecified atom stereocenters. The van der Waals surface area contributed by atoms with E-state index < -0.39 is 39.9 Å². The lowest BCUT2D eigenvalue weighted by atomic mass is 9.57. The van der Waals surface area contributed by atoms with E-state index in [1.54, 1.807) is 0 Å². The zero-order valence-electron chi connectivity index (χ0n) is 30.8. The van der Waals surface area contributed by atoms with Crippen LogP contribution in [0.5, 0.6) is 0 Å². The Balaban J connectivity index is 1.18. The summed E-state index contributed by atoms with van der Waals surface area (Å²) in [5.74, 6) is -0.437. The minimum absolute atomic E-state index is 0.0268. The first-order valence-corrected chi connectivity index (χ1v) is 23.0. The Labute approximate surface area is 291 Å². The summed E-state index contributed by atoms with van der Waals surface area (Å²) in [5.41, 5.74) is -0.774. The molecule has 6 rings (SSSR count). The van der Waals surface area contributed by atoms with Crippen molar-refractivity contribution in [1.29, 1.82) is 0 Å². The first kappa shape index (κ1) is 35.7. The van der Waals surface area contributed by atoms with Crippen molar-refractivity contribution in [3.8, 4) is 0 Å². The van der Waals surface area contributed by atoms with Crippen LogP contribution in [-0.2, 0) is 18.4 Å². The Morgan fingerprint density at radius 3 is 2.06 bits per heavy atom. The molecule has 7 heteroatoms. The van der Waals surface area contributed by atoms with Crippen LogP contribution in [0, 0.1) is 11.3 Å². The van der Waals surface area contributed by atoms with E-state index in [1.165, 1.54) is 10.4 Å². The zero-order chi connectivity index (χ0) is 34.8. The second-order valence-electron chi connectivity index (χ2n) is 17.8. The number of fused-ring (bicyclic) bond motifs is 2. The number of benzene rings is 2. The molecule has 6 atom stereocenters. The Morgan fingerprint density at radius 1 is 0.896 bits per heavy atom. The summed E-state index contributed by atoms with van der Waals surface area (Å²) >= 11 is 0. The molecular weight excluding hydrogens is 629 g/mol. The number of rotatable bonds is 10. The lowest BCUT2D eigenvalue weighted by Crippen LogP contribution is -2.66. The van der Waals surface area contributed by atoms with Gasteiger partial charge < -0.3 is 18.7 Å². The lowest BCUT2D eigenvalue weighted by molar-refractivity contribution is -0.193. The van der Waals surface area contributed by atoms with E-state index in [2.05, 4.69) is 140 Å². The maximum atomic E-state index is 13.9. The quantitative estimate of drug-likeness (QED) is 0.157. The number of aliphatic hydroxyl groups is 1. The summed E-state index contributed by atoms with van der Waals surface area (Å²) in [5, 5.41) is 14.2. The fourth-order valence-electron chi connectivity index (χ4n) is 9.14.